The van der Waals surface area contributed by atoms with Crippen LogP contribution in [0.1, 0.15) is 47.9 Å². The maximum atomic E-state index is 13.8. The van der Waals surface area contributed by atoms with Gasteiger partial charge in [-0.2, -0.15) is 13.2 Å². The van der Waals surface area contributed by atoms with Crippen molar-refractivity contribution in [2.45, 2.75) is 51.4 Å². The summed E-state index contributed by atoms with van der Waals surface area (Å²) in [5.41, 5.74) is -2.07. The average Bonchev–Trinajstić information content (AvgIpc) is 2.63. The van der Waals surface area contributed by atoms with Crippen molar-refractivity contribution in [3.63, 3.8) is 0 Å². The molecule has 162 valence electrons. The maximum Gasteiger partial charge on any atom is 0.448 e. The lowest BCUT2D eigenvalue weighted by molar-refractivity contribution is -0.355. The molecule has 0 aromatic heterocycles. The van der Waals surface area contributed by atoms with Gasteiger partial charge in [0.1, 0.15) is 11.5 Å². The van der Waals surface area contributed by atoms with Crippen LogP contribution in [0.5, 0.6) is 11.5 Å². The number of allylic oxidation sites excluding steroid dienone is 1. The van der Waals surface area contributed by atoms with Gasteiger partial charge >= 0.3 is 6.18 Å². The van der Waals surface area contributed by atoms with E-state index in [1.54, 1.807) is 20.8 Å². The summed E-state index contributed by atoms with van der Waals surface area (Å²) in [5, 5.41) is 10.5. The highest BCUT2D eigenvalue weighted by Gasteiger charge is 2.65. The molecule has 6 nitrogen and oxygen atoms in total. The van der Waals surface area contributed by atoms with Crippen LogP contribution in [0.25, 0.3) is 0 Å². The smallest absolute Gasteiger partial charge is 0.448 e. The Morgan fingerprint density at radius 1 is 1.27 bits per heavy atom. The van der Waals surface area contributed by atoms with Crippen LogP contribution in [0.4, 0.5) is 13.2 Å². The molecule has 2 atom stereocenters. The van der Waals surface area contributed by atoms with E-state index in [-0.39, 0.29) is 35.2 Å². The Labute approximate surface area is 170 Å². The van der Waals surface area contributed by atoms with Crippen molar-refractivity contribution in [1.82, 2.24) is 0 Å². The van der Waals surface area contributed by atoms with Gasteiger partial charge in [0, 0.05) is 23.6 Å². The van der Waals surface area contributed by atoms with E-state index in [2.05, 4.69) is 0 Å². The van der Waals surface area contributed by atoms with Crippen molar-refractivity contribution in [3.8, 4) is 11.5 Å². The molecule has 1 aliphatic heterocycles. The van der Waals surface area contributed by atoms with Gasteiger partial charge in [-0.25, -0.2) is 0 Å². The van der Waals surface area contributed by atoms with E-state index in [1.165, 1.54) is 31.4 Å². The molecule has 0 saturated heterocycles. The number of benzene rings is 1. The van der Waals surface area contributed by atoms with Gasteiger partial charge in [0.2, 0.25) is 0 Å². The van der Waals surface area contributed by atoms with Gasteiger partial charge in [0.15, 0.2) is 11.6 Å². The molecule has 1 aliphatic carbocycles. The minimum Gasteiger partial charge on any atom is -0.496 e. The highest BCUT2D eigenvalue weighted by molar-refractivity contribution is 6.29. The second-order valence-electron chi connectivity index (χ2n) is 7.25. The number of fused-ring (bicyclic) bond motifs is 1. The summed E-state index contributed by atoms with van der Waals surface area (Å²) in [6, 6.07) is 2.61. The molecule has 2 unspecified atom stereocenters. The summed E-state index contributed by atoms with van der Waals surface area (Å²) in [5.74, 6) is -5.81. The Morgan fingerprint density at radius 2 is 1.93 bits per heavy atom. The van der Waals surface area contributed by atoms with Crippen molar-refractivity contribution in [3.05, 3.63) is 46.6 Å². The molecule has 0 bridgehead atoms. The van der Waals surface area contributed by atoms with Crippen LogP contribution in [0.3, 0.4) is 0 Å². The van der Waals surface area contributed by atoms with Gasteiger partial charge < -0.3 is 19.3 Å². The first-order chi connectivity index (χ1) is 13.9. The number of Topliss-reactive ketones (excluding diaryl/α,β-unsaturated/α-hetero) is 2. The zero-order valence-electron chi connectivity index (χ0n) is 16.8. The molecule has 0 amide bonds. The molecule has 1 aromatic carbocycles. The van der Waals surface area contributed by atoms with Crippen LogP contribution >= 0.6 is 0 Å². The quantitative estimate of drug-likeness (QED) is 0.738. The largest absolute Gasteiger partial charge is 0.496 e. The number of hydrogen-bond donors (Lipinski definition) is 1. The van der Waals surface area contributed by atoms with E-state index in [0.29, 0.717) is 0 Å². The topological polar surface area (TPSA) is 82.1 Å². The van der Waals surface area contributed by atoms with Crippen molar-refractivity contribution < 1.29 is 42.1 Å². The summed E-state index contributed by atoms with van der Waals surface area (Å²) in [4.78, 5) is 26.3. The van der Waals surface area contributed by atoms with E-state index >= 15 is 0 Å². The van der Waals surface area contributed by atoms with Crippen molar-refractivity contribution >= 4 is 11.6 Å². The summed E-state index contributed by atoms with van der Waals surface area (Å²) < 4.78 is 57.1. The van der Waals surface area contributed by atoms with Crippen molar-refractivity contribution in [1.29, 1.82) is 0 Å². The number of carbonyl (C=O) groups is 2. The van der Waals surface area contributed by atoms with Gasteiger partial charge in [-0.1, -0.05) is 12.2 Å². The number of ketones is 2. The summed E-state index contributed by atoms with van der Waals surface area (Å²) in [7, 11) is 1.21. The summed E-state index contributed by atoms with van der Waals surface area (Å²) in [6.07, 6.45) is -4.42. The molecular weight excluding hydrogens is 405 g/mol. The molecular formula is C21H21F3O6. The number of aliphatic hydroxyl groups is 1. The van der Waals surface area contributed by atoms with Gasteiger partial charge in [0.05, 0.1) is 30.5 Å². The number of rotatable bonds is 4. The van der Waals surface area contributed by atoms with Crippen LogP contribution in [0, 0.1) is 0 Å². The predicted molar refractivity (Wildman–Crippen MR) is 99.8 cm³/mol. The minimum atomic E-state index is -5.35. The normalized spacial score (nSPS) is 24.4. The van der Waals surface area contributed by atoms with E-state index < -0.39 is 40.8 Å². The molecule has 0 spiro atoms. The molecule has 3 rings (SSSR count). The number of hydrogen-bond acceptors (Lipinski definition) is 6. The van der Waals surface area contributed by atoms with Crippen LogP contribution in [-0.4, -0.2) is 48.0 Å². The molecule has 0 fully saturated rings. The molecule has 0 radical (unpaired) electrons. The number of alkyl halides is 3. The van der Waals surface area contributed by atoms with Gasteiger partial charge in [0.25, 0.3) is 5.79 Å². The summed E-state index contributed by atoms with van der Waals surface area (Å²) >= 11 is 0. The first-order valence-electron chi connectivity index (χ1n) is 9.26. The molecule has 1 aromatic rings. The average molecular weight is 426 g/mol. The Hall–Kier alpha value is -2.65. The second kappa shape index (κ2) is 7.55. The van der Waals surface area contributed by atoms with Crippen LogP contribution in [0.2, 0.25) is 0 Å². The number of ether oxygens (including phenoxy) is 3. The lowest BCUT2D eigenvalue weighted by Gasteiger charge is -2.41. The molecule has 1 N–H and O–H groups in total. The second-order valence-corrected chi connectivity index (χ2v) is 7.25. The Kier molecular flexibility index (Phi) is 5.55. The third-order valence-electron chi connectivity index (χ3n) is 4.80. The minimum absolute atomic E-state index is 0.131. The summed E-state index contributed by atoms with van der Waals surface area (Å²) in [6.45, 7) is 5.07. The Morgan fingerprint density at radius 3 is 2.47 bits per heavy atom. The fraction of sp³-hybridized carbons (Fsp3) is 0.429. The van der Waals surface area contributed by atoms with E-state index in [1.807, 2.05) is 0 Å². The highest BCUT2D eigenvalue weighted by atomic mass is 19.4. The van der Waals surface area contributed by atoms with Crippen molar-refractivity contribution in [2.24, 2.45) is 0 Å². The SMILES string of the molecule is C/C=C/C1CC2=C(C(=O)c3c(OC)cc(OC(C)C)cc3C2=O)C(O)(C(F)(F)F)O1. The fourth-order valence-corrected chi connectivity index (χ4v) is 3.65. The van der Waals surface area contributed by atoms with Crippen LogP contribution in [-0.2, 0) is 4.74 Å². The zero-order valence-corrected chi connectivity index (χ0v) is 16.8. The van der Waals surface area contributed by atoms with E-state index in [4.69, 9.17) is 14.2 Å². The van der Waals surface area contributed by atoms with Crippen LogP contribution < -0.4 is 9.47 Å². The molecule has 1 heterocycles. The highest BCUT2D eigenvalue weighted by Crippen LogP contribution is 2.49. The fourth-order valence-electron chi connectivity index (χ4n) is 3.65. The lowest BCUT2D eigenvalue weighted by atomic mass is 9.76. The van der Waals surface area contributed by atoms with Crippen LogP contribution in [0.15, 0.2) is 35.4 Å². The molecule has 2 aliphatic rings. The Bertz CT molecular complexity index is 960. The number of halogens is 3. The first-order valence-corrected chi connectivity index (χ1v) is 9.26. The van der Waals surface area contributed by atoms with E-state index in [9.17, 15) is 27.9 Å². The van der Waals surface area contributed by atoms with Crippen molar-refractivity contribution in [2.75, 3.05) is 7.11 Å². The Balaban J connectivity index is 2.27. The molecule has 9 heteroatoms. The monoisotopic (exact) mass is 426 g/mol. The standard InChI is InChI=1S/C21H21F3O6/c1-5-6-11-7-14-17(20(27,30-11)21(22,23)24)19(26)16-13(18(14)25)8-12(29-10(2)3)9-15(16)28-4/h5-6,8-11,27H,7H2,1-4H3/b6-5+. The number of carbonyl (C=O) groups excluding carboxylic acids is 2. The van der Waals surface area contributed by atoms with E-state index in [0.717, 1.165) is 0 Å². The van der Waals surface area contributed by atoms with Gasteiger partial charge in [-0.15, -0.1) is 0 Å². The van der Waals surface area contributed by atoms with Gasteiger partial charge in [-0.3, -0.25) is 9.59 Å². The predicted octanol–water partition coefficient (Wildman–Crippen LogP) is 3.77. The third-order valence-corrected chi connectivity index (χ3v) is 4.80. The molecule has 0 saturated carbocycles. The first kappa shape index (κ1) is 22.0. The zero-order chi connectivity index (χ0) is 22.4. The maximum absolute atomic E-state index is 13.8. The van der Waals surface area contributed by atoms with Gasteiger partial charge in [-0.05, 0) is 26.8 Å². The molecule has 30 heavy (non-hydrogen) atoms. The third kappa shape index (κ3) is 3.41. The lowest BCUT2D eigenvalue weighted by Crippen LogP contribution is -2.57. The number of methoxy groups -OCH3 is 1.